The van der Waals surface area contributed by atoms with Crippen molar-refractivity contribution in [3.8, 4) is 0 Å². The number of fused-ring (bicyclic) bond motifs is 1. The fourth-order valence-corrected chi connectivity index (χ4v) is 5.58. The lowest BCUT2D eigenvalue weighted by atomic mass is 9.66. The number of likely N-dealkylation sites (tertiary alicyclic amines) is 1. The summed E-state index contributed by atoms with van der Waals surface area (Å²) in [6.07, 6.45) is 1.06. The van der Waals surface area contributed by atoms with Gasteiger partial charge in [0, 0.05) is 48.1 Å². The van der Waals surface area contributed by atoms with Crippen molar-refractivity contribution in [2.45, 2.75) is 65.4 Å². The molecule has 2 atom stereocenters. The normalized spacial score (nSPS) is 26.1. The Morgan fingerprint density at radius 2 is 2.03 bits per heavy atom. The molecule has 33 heavy (non-hydrogen) atoms. The minimum atomic E-state index is -1.32. The average molecular weight is 456 g/mol. The first kappa shape index (κ1) is 23.8. The van der Waals surface area contributed by atoms with Crippen LogP contribution in [0.5, 0.6) is 0 Å². The molecule has 1 aromatic carbocycles. The predicted octanol–water partition coefficient (Wildman–Crippen LogP) is 3.78. The Bertz CT molecular complexity index is 1110. The van der Waals surface area contributed by atoms with E-state index in [4.69, 9.17) is 0 Å². The Morgan fingerprint density at radius 1 is 1.30 bits per heavy atom. The van der Waals surface area contributed by atoms with Crippen molar-refractivity contribution in [1.82, 2.24) is 15.2 Å². The monoisotopic (exact) mass is 455 g/mol. The van der Waals surface area contributed by atoms with Gasteiger partial charge in [-0.3, -0.25) is 19.9 Å². The number of imide groups is 1. The third-order valence-electron chi connectivity index (χ3n) is 7.37. The van der Waals surface area contributed by atoms with Crippen LogP contribution in [0.4, 0.5) is 4.39 Å². The summed E-state index contributed by atoms with van der Waals surface area (Å²) in [6, 6.07) is 5.10. The fraction of sp³-hybridized carbons (Fsp3) is 0.577. The number of hydrogen-bond donors (Lipinski definition) is 2. The Kier molecular flexibility index (Phi) is 6.08. The second-order valence-electron chi connectivity index (χ2n) is 10.8. The van der Waals surface area contributed by atoms with E-state index in [-0.39, 0.29) is 23.8 Å². The number of hydrogen-bond acceptors (Lipinski definition) is 5. The largest absolute Gasteiger partial charge is 0.384 e. The molecular weight excluding hydrogens is 421 g/mol. The van der Waals surface area contributed by atoms with Crippen molar-refractivity contribution in [1.29, 1.82) is 0 Å². The summed E-state index contributed by atoms with van der Waals surface area (Å²) >= 11 is 0. The number of rotatable bonds is 4. The smallest absolute Gasteiger partial charge is 0.234 e. The van der Waals surface area contributed by atoms with Crippen molar-refractivity contribution in [2.75, 3.05) is 19.6 Å². The number of aliphatic hydroxyl groups is 1. The standard InChI is InChI=1S/C26H34FN3O3/c1-15(2)13-30-11-10-26(33,25(4,5)14-30)20-7-8-21-19(23(20)27)12-18(16(3)28-21)17-6-9-22(31)29-24(17)32/h7-8,12,15,17,33H,6,9-11,13-14H2,1-5H3,(H,29,31,32)/t17?,26-/m0/s1. The highest BCUT2D eigenvalue weighted by Gasteiger charge is 2.50. The van der Waals surface area contributed by atoms with Gasteiger partial charge in [0.15, 0.2) is 0 Å². The van der Waals surface area contributed by atoms with Gasteiger partial charge < -0.3 is 10.0 Å². The summed E-state index contributed by atoms with van der Waals surface area (Å²) in [7, 11) is 0. The van der Waals surface area contributed by atoms with E-state index in [0.29, 0.717) is 54.0 Å². The lowest BCUT2D eigenvalue weighted by Crippen LogP contribution is -2.56. The number of piperidine rings is 2. The van der Waals surface area contributed by atoms with Gasteiger partial charge in [0.25, 0.3) is 0 Å². The number of carbonyl (C=O) groups is 2. The van der Waals surface area contributed by atoms with Crippen molar-refractivity contribution in [3.05, 3.63) is 40.8 Å². The zero-order chi connectivity index (χ0) is 24.1. The molecule has 0 aliphatic carbocycles. The van der Waals surface area contributed by atoms with Gasteiger partial charge in [-0.05, 0) is 43.4 Å². The van der Waals surface area contributed by atoms with Gasteiger partial charge in [-0.15, -0.1) is 0 Å². The van der Waals surface area contributed by atoms with Crippen LogP contribution in [0.15, 0.2) is 18.2 Å². The van der Waals surface area contributed by atoms with Crippen molar-refractivity contribution < 1.29 is 19.1 Å². The second kappa shape index (κ2) is 8.44. The average Bonchev–Trinajstić information content (AvgIpc) is 2.70. The molecule has 6 nitrogen and oxygen atoms in total. The van der Waals surface area contributed by atoms with E-state index in [0.717, 1.165) is 6.54 Å². The van der Waals surface area contributed by atoms with Crippen LogP contribution in [0.3, 0.4) is 0 Å². The fourth-order valence-electron chi connectivity index (χ4n) is 5.58. The number of nitrogens with one attached hydrogen (secondary N) is 1. The lowest BCUT2D eigenvalue weighted by molar-refractivity contribution is -0.134. The summed E-state index contributed by atoms with van der Waals surface area (Å²) in [5.74, 6) is -1.17. The molecule has 3 heterocycles. The number of benzene rings is 1. The number of aryl methyl sites for hydroxylation is 1. The van der Waals surface area contributed by atoms with Gasteiger partial charge in [-0.25, -0.2) is 4.39 Å². The number of amides is 2. The second-order valence-corrected chi connectivity index (χ2v) is 10.8. The van der Waals surface area contributed by atoms with Crippen LogP contribution < -0.4 is 5.32 Å². The number of nitrogens with zero attached hydrogens (tertiary/aromatic N) is 2. The van der Waals surface area contributed by atoms with Gasteiger partial charge in [0.1, 0.15) is 5.82 Å². The molecular formula is C26H34FN3O3. The first-order valence-corrected chi connectivity index (χ1v) is 11.8. The van der Waals surface area contributed by atoms with Gasteiger partial charge in [-0.1, -0.05) is 33.8 Å². The molecule has 2 fully saturated rings. The van der Waals surface area contributed by atoms with Crippen LogP contribution in [-0.4, -0.2) is 46.4 Å². The zero-order valence-corrected chi connectivity index (χ0v) is 20.2. The number of aromatic nitrogens is 1. The minimum Gasteiger partial charge on any atom is -0.384 e. The van der Waals surface area contributed by atoms with Gasteiger partial charge in [-0.2, -0.15) is 0 Å². The molecule has 2 aromatic rings. The van der Waals surface area contributed by atoms with Gasteiger partial charge in [0.2, 0.25) is 11.8 Å². The van der Waals surface area contributed by atoms with Crippen LogP contribution in [0.25, 0.3) is 10.9 Å². The highest BCUT2D eigenvalue weighted by molar-refractivity contribution is 6.01. The van der Waals surface area contributed by atoms with Gasteiger partial charge >= 0.3 is 0 Å². The molecule has 178 valence electrons. The maximum atomic E-state index is 16.0. The molecule has 2 saturated heterocycles. The molecule has 1 unspecified atom stereocenters. The summed E-state index contributed by atoms with van der Waals surface area (Å²) in [6.45, 7) is 12.4. The van der Waals surface area contributed by atoms with Crippen molar-refractivity contribution in [3.63, 3.8) is 0 Å². The molecule has 0 bridgehead atoms. The minimum absolute atomic E-state index is 0.247. The van der Waals surface area contributed by atoms with E-state index in [2.05, 4.69) is 29.0 Å². The van der Waals surface area contributed by atoms with Crippen LogP contribution in [0.2, 0.25) is 0 Å². The summed E-state index contributed by atoms with van der Waals surface area (Å²) < 4.78 is 16.0. The molecule has 2 aliphatic heterocycles. The summed E-state index contributed by atoms with van der Waals surface area (Å²) in [4.78, 5) is 30.9. The molecule has 0 saturated carbocycles. The lowest BCUT2D eigenvalue weighted by Gasteiger charge is -2.51. The van der Waals surface area contributed by atoms with Crippen molar-refractivity contribution in [2.24, 2.45) is 11.3 Å². The van der Waals surface area contributed by atoms with E-state index in [1.165, 1.54) is 0 Å². The predicted molar refractivity (Wildman–Crippen MR) is 125 cm³/mol. The molecule has 2 N–H and O–H groups in total. The third kappa shape index (κ3) is 4.17. The molecule has 2 amide bonds. The maximum absolute atomic E-state index is 16.0. The first-order chi connectivity index (χ1) is 15.4. The van der Waals surface area contributed by atoms with Crippen LogP contribution in [-0.2, 0) is 15.2 Å². The Balaban J connectivity index is 1.75. The molecule has 1 aromatic heterocycles. The van der Waals surface area contributed by atoms with E-state index < -0.39 is 22.8 Å². The molecule has 4 rings (SSSR count). The van der Waals surface area contributed by atoms with E-state index in [1.807, 2.05) is 13.8 Å². The van der Waals surface area contributed by atoms with E-state index in [1.54, 1.807) is 25.1 Å². The van der Waals surface area contributed by atoms with Crippen molar-refractivity contribution >= 4 is 22.7 Å². The SMILES string of the molecule is Cc1nc2ccc([C@@]3(O)CCN(CC(C)C)CC3(C)C)c(F)c2cc1C1CCC(=O)NC1=O. The topological polar surface area (TPSA) is 82.5 Å². The third-order valence-corrected chi connectivity index (χ3v) is 7.37. The van der Waals surface area contributed by atoms with Crippen LogP contribution in [0.1, 0.15) is 69.7 Å². The molecule has 0 radical (unpaired) electrons. The highest BCUT2D eigenvalue weighted by Crippen LogP contribution is 2.47. The zero-order valence-electron chi connectivity index (χ0n) is 20.2. The summed E-state index contributed by atoms with van der Waals surface area (Å²) in [5, 5.41) is 14.5. The highest BCUT2D eigenvalue weighted by atomic mass is 19.1. The number of pyridine rings is 1. The van der Waals surface area contributed by atoms with E-state index in [9.17, 15) is 14.7 Å². The maximum Gasteiger partial charge on any atom is 0.234 e. The summed E-state index contributed by atoms with van der Waals surface area (Å²) in [5.41, 5.74) is 0.164. The van der Waals surface area contributed by atoms with E-state index >= 15 is 4.39 Å². The van der Waals surface area contributed by atoms with Crippen LogP contribution >= 0.6 is 0 Å². The van der Waals surface area contributed by atoms with Gasteiger partial charge in [0.05, 0.1) is 17.0 Å². The number of halogens is 1. The Hall–Kier alpha value is -2.38. The molecule has 0 spiro atoms. The quantitative estimate of drug-likeness (QED) is 0.686. The number of carbonyl (C=O) groups excluding carboxylic acids is 2. The van der Waals surface area contributed by atoms with Crippen LogP contribution in [0, 0.1) is 24.1 Å². The Labute approximate surface area is 194 Å². The molecule has 2 aliphatic rings. The Morgan fingerprint density at radius 3 is 2.67 bits per heavy atom. The first-order valence-electron chi connectivity index (χ1n) is 11.8. The molecule has 7 heteroatoms.